The van der Waals surface area contributed by atoms with Crippen LogP contribution >= 0.6 is 24.0 Å². The van der Waals surface area contributed by atoms with Crippen LogP contribution in [0.15, 0.2) is 47.5 Å². The van der Waals surface area contributed by atoms with E-state index in [0.717, 1.165) is 23.5 Å². The van der Waals surface area contributed by atoms with E-state index in [0.29, 0.717) is 25.0 Å². The van der Waals surface area contributed by atoms with Crippen molar-refractivity contribution in [2.75, 3.05) is 27.3 Å². The molecule has 0 saturated heterocycles. The van der Waals surface area contributed by atoms with Crippen molar-refractivity contribution in [2.24, 2.45) is 10.7 Å². The number of guanidine groups is 1. The van der Waals surface area contributed by atoms with Crippen LogP contribution in [0.1, 0.15) is 29.5 Å². The molecular weight excluding hydrogens is 453 g/mol. The van der Waals surface area contributed by atoms with E-state index in [9.17, 15) is 0 Å². The number of nitrogens with one attached hydrogen (secondary N) is 1. The van der Waals surface area contributed by atoms with E-state index in [4.69, 9.17) is 15.2 Å². The van der Waals surface area contributed by atoms with Gasteiger partial charge in [0.05, 0.1) is 14.2 Å². The van der Waals surface area contributed by atoms with Gasteiger partial charge < -0.3 is 20.5 Å². The molecule has 3 N–H and O–H groups in total. The van der Waals surface area contributed by atoms with E-state index in [-0.39, 0.29) is 24.0 Å². The summed E-state index contributed by atoms with van der Waals surface area (Å²) in [5.41, 5.74) is 9.67. The van der Waals surface area contributed by atoms with Gasteiger partial charge in [0.1, 0.15) is 0 Å². The second kappa shape index (κ2) is 11.7. The van der Waals surface area contributed by atoms with Gasteiger partial charge in [-0.15, -0.1) is 24.0 Å². The molecule has 0 aromatic heterocycles. The van der Waals surface area contributed by atoms with Crippen LogP contribution in [-0.4, -0.2) is 33.3 Å². The Morgan fingerprint density at radius 1 is 1.07 bits per heavy atom. The minimum atomic E-state index is 0. The Morgan fingerprint density at radius 3 is 2.37 bits per heavy atom. The smallest absolute Gasteiger partial charge is 0.188 e. The molecule has 0 spiro atoms. The molecule has 0 aliphatic heterocycles. The number of hydrogen-bond acceptors (Lipinski definition) is 3. The average Bonchev–Trinajstić information content (AvgIpc) is 2.66. The molecule has 0 amide bonds. The van der Waals surface area contributed by atoms with Crippen molar-refractivity contribution < 1.29 is 9.47 Å². The van der Waals surface area contributed by atoms with Crippen LogP contribution in [0.4, 0.5) is 0 Å². The molecule has 0 fully saturated rings. The Labute approximate surface area is 179 Å². The predicted molar refractivity (Wildman–Crippen MR) is 123 cm³/mol. The summed E-state index contributed by atoms with van der Waals surface area (Å²) in [5.74, 6) is 2.28. The summed E-state index contributed by atoms with van der Waals surface area (Å²) in [5, 5.41) is 3.17. The number of aryl methyl sites for hydroxylation is 1. The van der Waals surface area contributed by atoms with Crippen molar-refractivity contribution in [2.45, 2.75) is 26.2 Å². The lowest BCUT2D eigenvalue weighted by atomic mass is 10.0. The summed E-state index contributed by atoms with van der Waals surface area (Å²) in [6.45, 7) is 5.62. The average molecular weight is 483 g/mol. The third kappa shape index (κ3) is 7.28. The monoisotopic (exact) mass is 483 g/mol. The summed E-state index contributed by atoms with van der Waals surface area (Å²) in [4.78, 5) is 4.45. The van der Waals surface area contributed by atoms with Gasteiger partial charge in [0.2, 0.25) is 0 Å². The van der Waals surface area contributed by atoms with E-state index < -0.39 is 0 Å². The van der Waals surface area contributed by atoms with Gasteiger partial charge in [-0.3, -0.25) is 4.99 Å². The standard InChI is InChI=1S/C21H29N3O2.HI/c1-15-5-8-18(9-6-15)16(2)14-24-21(22)23-12-11-17-7-10-19(25-3)20(13-17)26-4;/h5-10,13,16H,11-12,14H2,1-4H3,(H3,22,23,24);1H. The van der Waals surface area contributed by atoms with Crippen LogP contribution in [0.25, 0.3) is 0 Å². The number of nitrogens with two attached hydrogens (primary N) is 1. The minimum absolute atomic E-state index is 0. The number of ether oxygens (including phenoxy) is 2. The molecule has 2 rings (SSSR count). The first-order valence-electron chi connectivity index (χ1n) is 8.84. The fourth-order valence-electron chi connectivity index (χ4n) is 2.66. The van der Waals surface area contributed by atoms with Crippen LogP contribution in [0.5, 0.6) is 11.5 Å². The molecule has 0 saturated carbocycles. The zero-order chi connectivity index (χ0) is 18.9. The first-order valence-corrected chi connectivity index (χ1v) is 8.84. The maximum atomic E-state index is 5.98. The fraction of sp³-hybridized carbons (Fsp3) is 0.381. The Balaban J connectivity index is 0.00000364. The minimum Gasteiger partial charge on any atom is -0.493 e. The van der Waals surface area contributed by atoms with Crippen molar-refractivity contribution in [1.29, 1.82) is 0 Å². The molecule has 148 valence electrons. The molecular formula is C21H30IN3O2. The summed E-state index contributed by atoms with van der Waals surface area (Å²) in [6.07, 6.45) is 0.824. The molecule has 5 nitrogen and oxygen atoms in total. The summed E-state index contributed by atoms with van der Waals surface area (Å²) in [6, 6.07) is 14.5. The zero-order valence-corrected chi connectivity index (χ0v) is 18.8. The Bertz CT molecular complexity index is 733. The third-order valence-electron chi connectivity index (χ3n) is 4.35. The van der Waals surface area contributed by atoms with Crippen LogP contribution in [0.3, 0.4) is 0 Å². The molecule has 0 bridgehead atoms. The summed E-state index contributed by atoms with van der Waals surface area (Å²) >= 11 is 0. The molecule has 1 atom stereocenters. The SMILES string of the molecule is COc1ccc(CCNC(N)=NCC(C)c2ccc(C)cc2)cc1OC.I. The second-order valence-corrected chi connectivity index (χ2v) is 6.40. The first-order chi connectivity index (χ1) is 12.5. The highest BCUT2D eigenvalue weighted by molar-refractivity contribution is 14.0. The van der Waals surface area contributed by atoms with E-state index in [1.54, 1.807) is 14.2 Å². The summed E-state index contributed by atoms with van der Waals surface area (Å²) in [7, 11) is 3.27. The number of benzene rings is 2. The van der Waals surface area contributed by atoms with E-state index in [1.807, 2.05) is 18.2 Å². The highest BCUT2D eigenvalue weighted by Gasteiger charge is 2.06. The fourth-order valence-corrected chi connectivity index (χ4v) is 2.66. The molecule has 0 aliphatic rings. The molecule has 1 unspecified atom stereocenters. The van der Waals surface area contributed by atoms with E-state index in [1.165, 1.54) is 11.1 Å². The third-order valence-corrected chi connectivity index (χ3v) is 4.35. The molecule has 2 aromatic rings. The number of aliphatic imine (C=N–C) groups is 1. The van der Waals surface area contributed by atoms with E-state index in [2.05, 4.69) is 48.4 Å². The normalized spacial score (nSPS) is 12.1. The maximum Gasteiger partial charge on any atom is 0.188 e. The Kier molecular flexibility index (Phi) is 9.99. The number of halogens is 1. The molecule has 6 heteroatoms. The largest absolute Gasteiger partial charge is 0.493 e. The number of hydrogen-bond donors (Lipinski definition) is 2. The van der Waals surface area contributed by atoms with Gasteiger partial charge in [-0.2, -0.15) is 0 Å². The number of nitrogens with zero attached hydrogens (tertiary/aromatic N) is 1. The molecule has 0 heterocycles. The van der Waals surface area contributed by atoms with Gasteiger partial charge in [0.25, 0.3) is 0 Å². The lowest BCUT2D eigenvalue weighted by molar-refractivity contribution is 0.354. The molecule has 0 radical (unpaired) electrons. The quantitative estimate of drug-likeness (QED) is 0.340. The number of methoxy groups -OCH3 is 2. The van der Waals surface area contributed by atoms with Crippen molar-refractivity contribution in [1.82, 2.24) is 5.32 Å². The second-order valence-electron chi connectivity index (χ2n) is 6.40. The predicted octanol–water partition coefficient (Wildman–Crippen LogP) is 3.88. The van der Waals surface area contributed by atoms with Gasteiger partial charge in [0, 0.05) is 19.0 Å². The van der Waals surface area contributed by atoms with Gasteiger partial charge in [-0.1, -0.05) is 42.8 Å². The van der Waals surface area contributed by atoms with Gasteiger partial charge in [-0.05, 0) is 36.6 Å². The van der Waals surface area contributed by atoms with Crippen LogP contribution in [-0.2, 0) is 6.42 Å². The van der Waals surface area contributed by atoms with Crippen molar-refractivity contribution in [3.8, 4) is 11.5 Å². The lowest BCUT2D eigenvalue weighted by Gasteiger charge is -2.12. The highest BCUT2D eigenvalue weighted by atomic mass is 127. The Hall–Kier alpha value is -1.96. The van der Waals surface area contributed by atoms with Crippen LogP contribution < -0.4 is 20.5 Å². The zero-order valence-electron chi connectivity index (χ0n) is 16.5. The first kappa shape index (κ1) is 23.1. The van der Waals surface area contributed by atoms with Crippen molar-refractivity contribution in [3.63, 3.8) is 0 Å². The maximum absolute atomic E-state index is 5.98. The van der Waals surface area contributed by atoms with Crippen molar-refractivity contribution >= 4 is 29.9 Å². The molecule has 2 aromatic carbocycles. The highest BCUT2D eigenvalue weighted by Crippen LogP contribution is 2.27. The van der Waals surface area contributed by atoms with Crippen molar-refractivity contribution in [3.05, 3.63) is 59.2 Å². The Morgan fingerprint density at radius 2 is 1.74 bits per heavy atom. The topological polar surface area (TPSA) is 68.9 Å². The molecule has 0 aliphatic carbocycles. The molecule has 27 heavy (non-hydrogen) atoms. The number of rotatable bonds is 8. The van der Waals surface area contributed by atoms with Crippen LogP contribution in [0, 0.1) is 6.92 Å². The van der Waals surface area contributed by atoms with Gasteiger partial charge in [-0.25, -0.2) is 0 Å². The lowest BCUT2D eigenvalue weighted by Crippen LogP contribution is -2.33. The summed E-state index contributed by atoms with van der Waals surface area (Å²) < 4.78 is 10.6. The van der Waals surface area contributed by atoms with E-state index >= 15 is 0 Å². The van der Waals surface area contributed by atoms with Gasteiger partial charge in [0.15, 0.2) is 17.5 Å². The van der Waals surface area contributed by atoms with Crippen LogP contribution in [0.2, 0.25) is 0 Å². The van der Waals surface area contributed by atoms with Gasteiger partial charge >= 0.3 is 0 Å².